The third-order valence-corrected chi connectivity index (χ3v) is 1.35. The van der Waals surface area contributed by atoms with Crippen LogP contribution < -0.4 is 16.6 Å². The number of ether oxygens (including phenoxy) is 2. The van der Waals surface area contributed by atoms with E-state index in [2.05, 4.69) is 15.6 Å². The molecule has 0 aliphatic carbocycles. The van der Waals surface area contributed by atoms with Crippen LogP contribution in [-0.4, -0.2) is 32.7 Å². The summed E-state index contributed by atoms with van der Waals surface area (Å²) in [5.74, 6) is -0.906. The number of carbonyl (C=O) groups excluding carboxylic acids is 2. The lowest BCUT2D eigenvalue weighted by Crippen LogP contribution is -2.39. The van der Waals surface area contributed by atoms with E-state index in [1.54, 1.807) is 0 Å². The van der Waals surface area contributed by atoms with Crippen LogP contribution in [0, 0.1) is 0 Å². The molecule has 0 radical (unpaired) electrons. The predicted octanol–water partition coefficient (Wildman–Crippen LogP) is -1.38. The second kappa shape index (κ2) is 7.63. The number of methoxy groups -OCH3 is 2. The van der Waals surface area contributed by atoms with Gasteiger partial charge in [-0.1, -0.05) is 0 Å². The summed E-state index contributed by atoms with van der Waals surface area (Å²) in [5.41, 5.74) is 9.95. The van der Waals surface area contributed by atoms with Gasteiger partial charge >= 0.3 is 5.97 Å². The maximum absolute atomic E-state index is 11.0. The number of nitrogens with one attached hydrogen (secondary N) is 2. The van der Waals surface area contributed by atoms with Gasteiger partial charge in [-0.15, -0.1) is 0 Å². The number of hydrazine groups is 1. The molecule has 15 heavy (non-hydrogen) atoms. The zero-order valence-corrected chi connectivity index (χ0v) is 8.70. The van der Waals surface area contributed by atoms with E-state index in [1.165, 1.54) is 14.2 Å². The summed E-state index contributed by atoms with van der Waals surface area (Å²) in [4.78, 5) is 21.7. The minimum absolute atomic E-state index is 0.00684. The lowest BCUT2D eigenvalue weighted by atomic mass is 10.4. The number of carbonyl (C=O) groups is 2. The molecule has 86 valence electrons. The van der Waals surface area contributed by atoms with E-state index in [9.17, 15) is 9.59 Å². The van der Waals surface area contributed by atoms with Crippen molar-refractivity contribution in [2.45, 2.75) is 6.42 Å². The van der Waals surface area contributed by atoms with Gasteiger partial charge in [0.25, 0.3) is 0 Å². The molecule has 0 aliphatic heterocycles. The van der Waals surface area contributed by atoms with Crippen LogP contribution in [0.25, 0.3) is 0 Å². The van der Waals surface area contributed by atoms with Gasteiger partial charge in [0.2, 0.25) is 5.91 Å². The molecule has 0 bridgehead atoms. The minimum Gasteiger partial charge on any atom is -0.466 e. The van der Waals surface area contributed by atoms with Crippen LogP contribution in [0.2, 0.25) is 0 Å². The van der Waals surface area contributed by atoms with Crippen LogP contribution in [0.15, 0.2) is 11.9 Å². The van der Waals surface area contributed by atoms with Crippen molar-refractivity contribution >= 4 is 11.9 Å². The van der Waals surface area contributed by atoms with Gasteiger partial charge < -0.3 is 15.2 Å². The van der Waals surface area contributed by atoms with E-state index in [1.807, 2.05) is 0 Å². The average molecular weight is 217 g/mol. The highest BCUT2D eigenvalue weighted by atomic mass is 16.5. The monoisotopic (exact) mass is 217 g/mol. The molecule has 7 nitrogen and oxygen atoms in total. The Morgan fingerprint density at radius 3 is 2.53 bits per heavy atom. The quantitative estimate of drug-likeness (QED) is 0.288. The SMILES string of the molecule is COCCC(=O)NN/C(N)=C\C(=O)OC. The summed E-state index contributed by atoms with van der Waals surface area (Å²) >= 11 is 0. The molecule has 0 unspecified atom stereocenters. The third-order valence-electron chi connectivity index (χ3n) is 1.35. The van der Waals surface area contributed by atoms with Gasteiger partial charge in [-0.25, -0.2) is 4.79 Å². The molecule has 0 fully saturated rings. The molecular formula is C8H15N3O4. The molecule has 0 aromatic heterocycles. The van der Waals surface area contributed by atoms with Crippen molar-refractivity contribution in [3.05, 3.63) is 11.9 Å². The molecular weight excluding hydrogens is 202 g/mol. The van der Waals surface area contributed by atoms with E-state index in [4.69, 9.17) is 10.5 Å². The summed E-state index contributed by atoms with van der Waals surface area (Å²) in [7, 11) is 2.72. The normalized spacial score (nSPS) is 10.7. The van der Waals surface area contributed by atoms with Gasteiger partial charge in [-0.2, -0.15) is 0 Å². The van der Waals surface area contributed by atoms with Crippen molar-refractivity contribution in [2.24, 2.45) is 5.73 Å². The Morgan fingerprint density at radius 2 is 2.00 bits per heavy atom. The Hall–Kier alpha value is -1.76. The van der Waals surface area contributed by atoms with Gasteiger partial charge in [0, 0.05) is 7.11 Å². The van der Waals surface area contributed by atoms with Crippen molar-refractivity contribution in [2.75, 3.05) is 20.8 Å². The van der Waals surface area contributed by atoms with E-state index in [0.717, 1.165) is 6.08 Å². The molecule has 0 atom stereocenters. The molecule has 0 saturated carbocycles. The maximum Gasteiger partial charge on any atom is 0.334 e. The molecule has 7 heteroatoms. The fourth-order valence-corrected chi connectivity index (χ4v) is 0.621. The molecule has 0 saturated heterocycles. The first kappa shape index (κ1) is 13.2. The van der Waals surface area contributed by atoms with Gasteiger partial charge in [-0.3, -0.25) is 15.6 Å². The summed E-state index contributed by atoms with van der Waals surface area (Å²) in [6.07, 6.45) is 1.21. The second-order valence-electron chi connectivity index (χ2n) is 2.54. The number of amides is 1. The number of hydrogen-bond donors (Lipinski definition) is 3. The van der Waals surface area contributed by atoms with Gasteiger partial charge in [0.05, 0.1) is 26.2 Å². The first-order chi connectivity index (χ1) is 7.10. The average Bonchev–Trinajstić information content (AvgIpc) is 2.23. The predicted molar refractivity (Wildman–Crippen MR) is 52.1 cm³/mol. The number of esters is 1. The summed E-state index contributed by atoms with van der Waals surface area (Å²) in [6, 6.07) is 0. The van der Waals surface area contributed by atoms with Crippen molar-refractivity contribution in [3.63, 3.8) is 0 Å². The van der Waals surface area contributed by atoms with Crippen LogP contribution >= 0.6 is 0 Å². The Balaban J connectivity index is 3.79. The first-order valence-corrected chi connectivity index (χ1v) is 4.19. The number of rotatable bonds is 6. The fraction of sp³-hybridized carbons (Fsp3) is 0.500. The highest BCUT2D eigenvalue weighted by molar-refractivity contribution is 5.82. The summed E-state index contributed by atoms with van der Waals surface area (Å²) < 4.78 is 9.02. The van der Waals surface area contributed by atoms with E-state index < -0.39 is 5.97 Å². The lowest BCUT2D eigenvalue weighted by Gasteiger charge is -2.07. The van der Waals surface area contributed by atoms with E-state index in [-0.39, 0.29) is 18.1 Å². The molecule has 0 rings (SSSR count). The highest BCUT2D eigenvalue weighted by Gasteiger charge is 2.01. The van der Waals surface area contributed by atoms with Crippen molar-refractivity contribution in [3.8, 4) is 0 Å². The second-order valence-corrected chi connectivity index (χ2v) is 2.54. The standard InChI is InChI=1S/C8H15N3O4/c1-14-4-3-7(12)11-10-6(9)5-8(13)15-2/h5,10H,3-4,9H2,1-2H3,(H,11,12)/b6-5-. The van der Waals surface area contributed by atoms with Gasteiger partial charge in [-0.05, 0) is 0 Å². The zero-order chi connectivity index (χ0) is 11.7. The van der Waals surface area contributed by atoms with Crippen molar-refractivity contribution < 1.29 is 19.1 Å². The smallest absolute Gasteiger partial charge is 0.334 e. The Kier molecular flexibility index (Phi) is 6.73. The van der Waals surface area contributed by atoms with Crippen LogP contribution in [0.4, 0.5) is 0 Å². The first-order valence-electron chi connectivity index (χ1n) is 4.19. The van der Waals surface area contributed by atoms with Gasteiger partial charge in [0.15, 0.2) is 0 Å². The van der Waals surface area contributed by atoms with E-state index in [0.29, 0.717) is 6.61 Å². The minimum atomic E-state index is -0.605. The lowest BCUT2D eigenvalue weighted by molar-refractivity contribution is -0.135. The third kappa shape index (κ3) is 7.32. The molecule has 0 spiro atoms. The topological polar surface area (TPSA) is 103 Å². The Bertz CT molecular complexity index is 252. The van der Waals surface area contributed by atoms with E-state index >= 15 is 0 Å². The van der Waals surface area contributed by atoms with Gasteiger partial charge in [0.1, 0.15) is 5.82 Å². The van der Waals surface area contributed by atoms with Crippen molar-refractivity contribution in [1.29, 1.82) is 0 Å². The maximum atomic E-state index is 11.0. The largest absolute Gasteiger partial charge is 0.466 e. The molecule has 0 heterocycles. The number of hydrogen-bond acceptors (Lipinski definition) is 6. The summed E-state index contributed by atoms with van der Waals surface area (Å²) in [5, 5.41) is 0. The van der Waals surface area contributed by atoms with Crippen LogP contribution in [-0.2, 0) is 19.1 Å². The highest BCUT2D eigenvalue weighted by Crippen LogP contribution is 1.82. The molecule has 0 aromatic rings. The molecule has 0 aromatic carbocycles. The zero-order valence-electron chi connectivity index (χ0n) is 8.70. The molecule has 4 N–H and O–H groups in total. The summed E-state index contributed by atoms with van der Waals surface area (Å²) in [6.45, 7) is 0.314. The van der Waals surface area contributed by atoms with Crippen LogP contribution in [0.3, 0.4) is 0 Å². The van der Waals surface area contributed by atoms with Crippen molar-refractivity contribution in [1.82, 2.24) is 10.9 Å². The van der Waals surface area contributed by atoms with Crippen LogP contribution in [0.1, 0.15) is 6.42 Å². The molecule has 0 aliphatic rings. The fourth-order valence-electron chi connectivity index (χ4n) is 0.621. The Labute approximate surface area is 87.6 Å². The Morgan fingerprint density at radius 1 is 1.33 bits per heavy atom. The molecule has 1 amide bonds. The van der Waals surface area contributed by atoms with Crippen LogP contribution in [0.5, 0.6) is 0 Å². The number of nitrogens with two attached hydrogens (primary N) is 1.